The summed E-state index contributed by atoms with van der Waals surface area (Å²) >= 11 is 5.63. The Labute approximate surface area is 71.1 Å². The molecule has 0 heterocycles. The summed E-state index contributed by atoms with van der Waals surface area (Å²) in [6, 6.07) is 0. The van der Waals surface area contributed by atoms with Crippen molar-refractivity contribution in [2.75, 3.05) is 0 Å². The van der Waals surface area contributed by atoms with Gasteiger partial charge in [-0.2, -0.15) is 0 Å². The largest absolute Gasteiger partial charge is 0.365 e. The smallest absolute Gasteiger partial charge is 0.175 e. The molecular weight excluding hydrogens is 164 g/mol. The van der Waals surface area contributed by atoms with Gasteiger partial charge < -0.3 is 10.2 Å². The summed E-state index contributed by atoms with van der Waals surface area (Å²) in [5.74, 6) is 0. The number of rotatable bonds is 3. The molecule has 0 atom stereocenters. The van der Waals surface area contributed by atoms with Crippen LogP contribution < -0.4 is 0 Å². The molecule has 0 aliphatic rings. The molecule has 0 rings (SSSR count). The molecular formula is C8H11ClO2. The molecule has 0 aromatic carbocycles. The summed E-state index contributed by atoms with van der Waals surface area (Å²) in [6.07, 6.45) is 3.23. The molecule has 0 aliphatic heterocycles. The van der Waals surface area contributed by atoms with Gasteiger partial charge >= 0.3 is 0 Å². The van der Waals surface area contributed by atoms with Crippen molar-refractivity contribution in [3.8, 4) is 0 Å². The van der Waals surface area contributed by atoms with Gasteiger partial charge in [0.1, 0.15) is 0 Å². The maximum atomic E-state index is 8.64. The summed E-state index contributed by atoms with van der Waals surface area (Å²) in [5.41, 5.74) is 0.324. The molecule has 0 unspecified atom stereocenters. The first kappa shape index (κ1) is 10.4. The molecule has 0 aliphatic carbocycles. The van der Waals surface area contributed by atoms with E-state index in [0.29, 0.717) is 10.6 Å². The minimum absolute atomic E-state index is 0.319. The summed E-state index contributed by atoms with van der Waals surface area (Å²) in [4.78, 5) is 0. The number of hydrogen-bond acceptors (Lipinski definition) is 2. The first-order chi connectivity index (χ1) is 5.09. The maximum absolute atomic E-state index is 8.64. The lowest BCUT2D eigenvalue weighted by Gasteiger charge is -2.03. The van der Waals surface area contributed by atoms with Gasteiger partial charge in [0, 0.05) is 10.6 Å². The van der Waals surface area contributed by atoms with E-state index in [4.69, 9.17) is 21.8 Å². The molecule has 0 bridgehead atoms. The Kier molecular flexibility index (Phi) is 4.86. The fraction of sp³-hybridized carbons (Fsp3) is 0.250. The molecule has 11 heavy (non-hydrogen) atoms. The van der Waals surface area contributed by atoms with E-state index in [0.717, 1.165) is 0 Å². The molecule has 0 aromatic rings. The first-order valence-electron chi connectivity index (χ1n) is 3.11. The number of halogens is 1. The van der Waals surface area contributed by atoms with Crippen LogP contribution in [0.1, 0.15) is 6.92 Å². The van der Waals surface area contributed by atoms with Crippen molar-refractivity contribution < 1.29 is 10.2 Å². The Morgan fingerprint density at radius 1 is 1.55 bits per heavy atom. The van der Waals surface area contributed by atoms with Crippen LogP contribution in [0.2, 0.25) is 0 Å². The average Bonchev–Trinajstić information content (AvgIpc) is 1.98. The van der Waals surface area contributed by atoms with Crippen LogP contribution in [-0.2, 0) is 0 Å². The molecule has 0 radical (unpaired) electrons. The normalized spacial score (nSPS) is 13.9. The third-order valence-corrected chi connectivity index (χ3v) is 1.57. The van der Waals surface area contributed by atoms with E-state index >= 15 is 0 Å². The van der Waals surface area contributed by atoms with Gasteiger partial charge in [-0.1, -0.05) is 30.3 Å². The van der Waals surface area contributed by atoms with Crippen molar-refractivity contribution in [3.63, 3.8) is 0 Å². The molecule has 0 saturated carbocycles. The van der Waals surface area contributed by atoms with Crippen LogP contribution in [-0.4, -0.2) is 16.5 Å². The lowest BCUT2D eigenvalue weighted by Crippen LogP contribution is -2.06. The van der Waals surface area contributed by atoms with Crippen LogP contribution >= 0.6 is 11.6 Å². The first-order valence-corrected chi connectivity index (χ1v) is 3.49. The van der Waals surface area contributed by atoms with Crippen LogP contribution in [0.15, 0.2) is 35.4 Å². The van der Waals surface area contributed by atoms with E-state index in [2.05, 4.69) is 6.58 Å². The Bertz CT molecular complexity index is 192. The summed E-state index contributed by atoms with van der Waals surface area (Å²) in [6.45, 7) is 4.99. The molecule has 62 valence electrons. The van der Waals surface area contributed by atoms with Gasteiger partial charge in [0.25, 0.3) is 0 Å². The topological polar surface area (TPSA) is 40.5 Å². The molecule has 2 nitrogen and oxygen atoms in total. The van der Waals surface area contributed by atoms with Gasteiger partial charge in [-0.15, -0.1) is 0 Å². The van der Waals surface area contributed by atoms with Crippen molar-refractivity contribution in [3.05, 3.63) is 35.4 Å². The summed E-state index contributed by atoms with van der Waals surface area (Å²) < 4.78 is 0. The average molecular weight is 175 g/mol. The van der Waals surface area contributed by atoms with E-state index in [1.165, 1.54) is 0 Å². The van der Waals surface area contributed by atoms with Crippen LogP contribution in [0.4, 0.5) is 0 Å². The number of hydrogen-bond donors (Lipinski definition) is 2. The lowest BCUT2D eigenvalue weighted by molar-refractivity contribution is -0.00784. The molecule has 0 aromatic heterocycles. The molecule has 0 fully saturated rings. The summed E-state index contributed by atoms with van der Waals surface area (Å²) in [5, 5.41) is 17.6. The molecule has 0 spiro atoms. The van der Waals surface area contributed by atoms with Gasteiger partial charge in [0.15, 0.2) is 6.29 Å². The van der Waals surface area contributed by atoms with Crippen molar-refractivity contribution in [2.45, 2.75) is 13.2 Å². The van der Waals surface area contributed by atoms with Crippen molar-refractivity contribution in [1.82, 2.24) is 0 Å². The van der Waals surface area contributed by atoms with Crippen molar-refractivity contribution in [2.24, 2.45) is 0 Å². The zero-order valence-electron chi connectivity index (χ0n) is 6.29. The third kappa shape index (κ3) is 3.98. The number of aliphatic hydroxyl groups excluding tert-OH is 1. The SMILES string of the molecule is C=CC=CC(Cl)=C(C)C(O)O. The van der Waals surface area contributed by atoms with Gasteiger partial charge in [0.05, 0.1) is 0 Å². The van der Waals surface area contributed by atoms with E-state index in [1.807, 2.05) is 0 Å². The number of aliphatic hydroxyl groups is 2. The predicted octanol–water partition coefficient (Wildman–Crippen LogP) is 1.55. The highest BCUT2D eigenvalue weighted by Crippen LogP contribution is 2.12. The molecule has 2 N–H and O–H groups in total. The molecule has 3 heteroatoms. The third-order valence-electron chi connectivity index (χ3n) is 1.14. The monoisotopic (exact) mass is 174 g/mol. The van der Waals surface area contributed by atoms with Gasteiger partial charge in [0.2, 0.25) is 0 Å². The van der Waals surface area contributed by atoms with E-state index in [-0.39, 0.29) is 0 Å². The maximum Gasteiger partial charge on any atom is 0.175 e. The minimum Gasteiger partial charge on any atom is -0.365 e. The molecule has 0 amide bonds. The second kappa shape index (κ2) is 5.13. The Balaban J connectivity index is 4.39. The Morgan fingerprint density at radius 2 is 2.09 bits per heavy atom. The zero-order chi connectivity index (χ0) is 8.85. The summed E-state index contributed by atoms with van der Waals surface area (Å²) in [7, 11) is 0. The standard InChI is InChI=1S/C8H11ClO2/c1-3-4-5-7(9)6(2)8(10)11/h3-5,8,10-11H,1H2,2H3. The van der Waals surface area contributed by atoms with E-state index in [1.54, 1.807) is 25.2 Å². The van der Waals surface area contributed by atoms with Crippen LogP contribution in [0.3, 0.4) is 0 Å². The van der Waals surface area contributed by atoms with Crippen molar-refractivity contribution in [1.29, 1.82) is 0 Å². The quantitative estimate of drug-likeness (QED) is 0.504. The Hall–Kier alpha value is -0.570. The minimum atomic E-state index is -1.49. The fourth-order valence-electron chi connectivity index (χ4n) is 0.407. The van der Waals surface area contributed by atoms with Crippen LogP contribution in [0.5, 0.6) is 0 Å². The highest BCUT2D eigenvalue weighted by atomic mass is 35.5. The second-order valence-corrected chi connectivity index (χ2v) is 2.41. The van der Waals surface area contributed by atoms with Crippen LogP contribution in [0, 0.1) is 0 Å². The lowest BCUT2D eigenvalue weighted by atomic mass is 10.2. The fourth-order valence-corrected chi connectivity index (χ4v) is 0.578. The van der Waals surface area contributed by atoms with E-state index in [9.17, 15) is 0 Å². The van der Waals surface area contributed by atoms with Gasteiger partial charge in [-0.25, -0.2) is 0 Å². The van der Waals surface area contributed by atoms with Crippen molar-refractivity contribution >= 4 is 11.6 Å². The van der Waals surface area contributed by atoms with Gasteiger partial charge in [-0.05, 0) is 13.0 Å². The Morgan fingerprint density at radius 3 is 2.45 bits per heavy atom. The zero-order valence-corrected chi connectivity index (χ0v) is 7.04. The highest BCUT2D eigenvalue weighted by Gasteiger charge is 2.02. The number of allylic oxidation sites excluding steroid dienone is 4. The second-order valence-electron chi connectivity index (χ2n) is 2.00. The predicted molar refractivity (Wildman–Crippen MR) is 46.1 cm³/mol. The van der Waals surface area contributed by atoms with Crippen LogP contribution in [0.25, 0.3) is 0 Å². The van der Waals surface area contributed by atoms with E-state index < -0.39 is 6.29 Å². The van der Waals surface area contributed by atoms with Gasteiger partial charge in [-0.3, -0.25) is 0 Å². The highest BCUT2D eigenvalue weighted by molar-refractivity contribution is 6.31. The molecule has 0 saturated heterocycles.